The molecule has 4 aromatic rings. The number of carbonyl (C=O) groups is 3. The quantitative estimate of drug-likeness (QED) is 0.227. The van der Waals surface area contributed by atoms with Crippen molar-refractivity contribution in [2.45, 2.75) is 40.1 Å². The molecule has 1 aromatic heterocycles. The highest BCUT2D eigenvalue weighted by molar-refractivity contribution is 8.77. The third kappa shape index (κ3) is 4.19. The molecule has 14 heteroatoms. The number of anilines is 1. The molecule has 3 aliphatic heterocycles. The Balaban J connectivity index is 1.61. The van der Waals surface area contributed by atoms with E-state index >= 15 is 0 Å². The SMILES string of the molecule is CSS[C@]12C[C@]3(c4cn(SC)c5ccccc45)c4ccccc4N(S(=O)(=O)c4ccccc4)[C@@H]3N1C(=O)[C@H](SC(C)=O)N(C)C2=O. The number of likely N-dealkylation sites (N-methyl/N-ethyl adjacent to an activating group) is 1. The lowest BCUT2D eigenvalue weighted by atomic mass is 9.72. The van der Waals surface area contributed by atoms with Crippen molar-refractivity contribution < 1.29 is 22.8 Å². The topological polar surface area (TPSA) is 100 Å². The highest BCUT2D eigenvalue weighted by Gasteiger charge is 2.75. The monoisotopic (exact) mass is 710 g/mol. The van der Waals surface area contributed by atoms with Crippen LogP contribution in [0.1, 0.15) is 24.5 Å². The van der Waals surface area contributed by atoms with Gasteiger partial charge in [0.15, 0.2) is 15.4 Å². The lowest BCUT2D eigenvalue weighted by Gasteiger charge is -2.49. The molecule has 0 saturated carbocycles. The number of fused-ring (bicyclic) bond motifs is 6. The van der Waals surface area contributed by atoms with Gasteiger partial charge in [-0.2, -0.15) is 0 Å². The summed E-state index contributed by atoms with van der Waals surface area (Å²) in [5.74, 6) is -0.826. The van der Waals surface area contributed by atoms with Gasteiger partial charge in [-0.1, -0.05) is 87.9 Å². The molecule has 0 bridgehead atoms. The minimum Gasteiger partial charge on any atom is -0.322 e. The van der Waals surface area contributed by atoms with Crippen LogP contribution in [-0.4, -0.2) is 75.1 Å². The minimum absolute atomic E-state index is 0.0738. The molecule has 4 atom stereocenters. The minimum atomic E-state index is -4.28. The zero-order valence-electron chi connectivity index (χ0n) is 25.3. The van der Waals surface area contributed by atoms with Crippen molar-refractivity contribution in [2.75, 3.05) is 23.9 Å². The van der Waals surface area contributed by atoms with E-state index in [1.165, 1.54) is 54.6 Å². The first-order valence-corrected chi connectivity index (χ1v) is 20.4. The number of benzene rings is 3. The Kier molecular flexibility index (Phi) is 7.75. The maximum absolute atomic E-state index is 14.9. The number of carbonyl (C=O) groups excluding carboxylic acids is 3. The van der Waals surface area contributed by atoms with Gasteiger partial charge in [-0.25, -0.2) is 12.7 Å². The van der Waals surface area contributed by atoms with E-state index in [0.29, 0.717) is 5.69 Å². The first-order valence-electron chi connectivity index (χ1n) is 14.4. The summed E-state index contributed by atoms with van der Waals surface area (Å²) >= 11 is 2.29. The maximum Gasteiger partial charge on any atom is 0.266 e. The number of amides is 2. The fourth-order valence-electron chi connectivity index (χ4n) is 7.36. The van der Waals surface area contributed by atoms with E-state index in [2.05, 4.69) is 0 Å². The molecule has 7 rings (SSSR count). The van der Waals surface area contributed by atoms with Crippen LogP contribution in [0.2, 0.25) is 0 Å². The summed E-state index contributed by atoms with van der Waals surface area (Å²) in [5, 5.41) is -0.559. The van der Waals surface area contributed by atoms with Gasteiger partial charge >= 0.3 is 0 Å². The second-order valence-corrected chi connectivity index (χ2v) is 17.8. The summed E-state index contributed by atoms with van der Waals surface area (Å²) in [5.41, 5.74) is 1.79. The second kappa shape index (κ2) is 11.3. The van der Waals surface area contributed by atoms with Crippen LogP contribution in [0.4, 0.5) is 5.69 Å². The zero-order chi connectivity index (χ0) is 32.6. The van der Waals surface area contributed by atoms with Crippen molar-refractivity contribution in [2.24, 2.45) is 0 Å². The van der Waals surface area contributed by atoms with Gasteiger partial charge in [-0.3, -0.25) is 23.3 Å². The molecule has 2 saturated heterocycles. The Morgan fingerprint density at radius 3 is 2.28 bits per heavy atom. The lowest BCUT2D eigenvalue weighted by molar-refractivity contribution is -0.157. The number of hydrogen-bond acceptors (Lipinski definition) is 9. The number of rotatable bonds is 7. The van der Waals surface area contributed by atoms with E-state index in [-0.39, 0.29) is 22.3 Å². The number of sulfonamides is 1. The van der Waals surface area contributed by atoms with Crippen LogP contribution in [0.3, 0.4) is 0 Å². The summed E-state index contributed by atoms with van der Waals surface area (Å²) in [6.07, 6.45) is 4.82. The smallest absolute Gasteiger partial charge is 0.266 e. The summed E-state index contributed by atoms with van der Waals surface area (Å²) < 4.78 is 33.2. The first kappa shape index (κ1) is 31.6. The lowest BCUT2D eigenvalue weighted by Crippen LogP contribution is -2.69. The molecule has 2 amide bonds. The van der Waals surface area contributed by atoms with Gasteiger partial charge < -0.3 is 4.90 Å². The van der Waals surface area contributed by atoms with E-state index in [1.807, 2.05) is 59.1 Å². The molecule has 4 heterocycles. The predicted molar refractivity (Wildman–Crippen MR) is 188 cm³/mol. The summed E-state index contributed by atoms with van der Waals surface area (Å²) in [6, 6.07) is 23.5. The molecule has 0 radical (unpaired) electrons. The molecular weight excluding hydrogens is 681 g/mol. The van der Waals surface area contributed by atoms with E-state index < -0.39 is 37.8 Å². The van der Waals surface area contributed by atoms with Crippen molar-refractivity contribution in [1.29, 1.82) is 0 Å². The zero-order valence-corrected chi connectivity index (χ0v) is 29.4. The Labute approximate surface area is 284 Å². The normalized spacial score (nSPS) is 25.6. The number of nitrogens with zero attached hydrogens (tertiary/aromatic N) is 4. The second-order valence-electron chi connectivity index (χ2n) is 11.3. The van der Waals surface area contributed by atoms with Crippen LogP contribution in [-0.2, 0) is 29.8 Å². The van der Waals surface area contributed by atoms with Crippen molar-refractivity contribution in [1.82, 2.24) is 13.8 Å². The van der Waals surface area contributed by atoms with Gasteiger partial charge in [-0.15, -0.1) is 0 Å². The van der Waals surface area contributed by atoms with Crippen LogP contribution in [0, 0.1) is 0 Å². The molecule has 46 heavy (non-hydrogen) atoms. The molecule has 238 valence electrons. The first-order chi connectivity index (χ1) is 22.0. The van der Waals surface area contributed by atoms with Gasteiger partial charge in [0.05, 0.1) is 21.5 Å². The fraction of sp³-hybridized carbons (Fsp3) is 0.281. The summed E-state index contributed by atoms with van der Waals surface area (Å²) in [7, 11) is -0.114. The van der Waals surface area contributed by atoms with Crippen molar-refractivity contribution in [3.05, 3.63) is 96.2 Å². The van der Waals surface area contributed by atoms with E-state index in [9.17, 15) is 22.8 Å². The average Bonchev–Trinajstić information content (AvgIpc) is 3.67. The highest BCUT2D eigenvalue weighted by atomic mass is 33.1. The number of para-hydroxylation sites is 2. The van der Waals surface area contributed by atoms with Gasteiger partial charge in [0.1, 0.15) is 6.17 Å². The standard InChI is InChI=1S/C32H30N4O5S5/c1-20(37)44-28-27(38)35-29-31(19-32(35,45-43-4)30(39)33(28)2,24-18-34(42-3)25-16-10-8-14-22(24)25)23-15-9-11-17-26(23)36(29)46(40,41)21-12-6-5-7-13-21/h5-18,28-29H,19H2,1-4H3/t28-,29-,31+,32-/m0/s1. The summed E-state index contributed by atoms with van der Waals surface area (Å²) in [4.78, 5) is 43.5. The van der Waals surface area contributed by atoms with Crippen LogP contribution in [0.15, 0.2) is 90.0 Å². The number of thioether (sulfide) groups is 1. The van der Waals surface area contributed by atoms with Gasteiger partial charge in [0.2, 0.25) is 0 Å². The predicted octanol–water partition coefficient (Wildman–Crippen LogP) is 5.61. The van der Waals surface area contributed by atoms with Crippen molar-refractivity contribution >= 4 is 88.8 Å². The van der Waals surface area contributed by atoms with Crippen LogP contribution in [0.5, 0.6) is 0 Å². The third-order valence-corrected chi connectivity index (χ3v) is 14.9. The van der Waals surface area contributed by atoms with Crippen LogP contribution >= 0.6 is 45.3 Å². The highest BCUT2D eigenvalue weighted by Crippen LogP contribution is 2.67. The molecular formula is C32H30N4O5S5. The molecule has 0 aliphatic carbocycles. The van der Waals surface area contributed by atoms with Crippen LogP contribution < -0.4 is 4.31 Å². The molecule has 3 aliphatic rings. The number of hydrogen-bond donors (Lipinski definition) is 0. The molecule has 0 N–H and O–H groups in total. The third-order valence-electron chi connectivity index (χ3n) is 9.05. The Morgan fingerprint density at radius 2 is 1.59 bits per heavy atom. The number of aromatic nitrogens is 1. The number of piperazine rings is 1. The Morgan fingerprint density at radius 1 is 0.913 bits per heavy atom. The van der Waals surface area contributed by atoms with Gasteiger partial charge in [0, 0.05) is 38.2 Å². The maximum atomic E-state index is 14.9. The molecule has 0 spiro atoms. The molecule has 0 unspecified atom stereocenters. The van der Waals surface area contributed by atoms with E-state index in [1.54, 1.807) is 49.5 Å². The van der Waals surface area contributed by atoms with Gasteiger partial charge in [0.25, 0.3) is 21.8 Å². The van der Waals surface area contributed by atoms with Gasteiger partial charge in [-0.05, 0) is 53.6 Å². The molecule has 9 nitrogen and oxygen atoms in total. The Hall–Kier alpha value is -3.04. The van der Waals surface area contributed by atoms with E-state index in [0.717, 1.165) is 33.8 Å². The Bertz CT molecular complexity index is 2020. The largest absolute Gasteiger partial charge is 0.322 e. The fourth-order valence-corrected chi connectivity index (χ4v) is 12.9. The van der Waals surface area contributed by atoms with Crippen molar-refractivity contribution in [3.8, 4) is 0 Å². The summed E-state index contributed by atoms with van der Waals surface area (Å²) in [6.45, 7) is 1.36. The van der Waals surface area contributed by atoms with Crippen molar-refractivity contribution in [3.63, 3.8) is 0 Å². The molecule has 3 aromatic carbocycles. The van der Waals surface area contributed by atoms with E-state index in [4.69, 9.17) is 0 Å². The average molecular weight is 711 g/mol. The molecule has 2 fully saturated rings. The van der Waals surface area contributed by atoms with Crippen LogP contribution in [0.25, 0.3) is 10.9 Å².